The van der Waals surface area contributed by atoms with Gasteiger partial charge in [0.1, 0.15) is 11.9 Å². The van der Waals surface area contributed by atoms with Gasteiger partial charge in [-0.2, -0.15) is 0 Å². The second-order valence-electron chi connectivity index (χ2n) is 5.68. The molecule has 0 amide bonds. The first-order valence-electron chi connectivity index (χ1n) is 6.42. The zero-order chi connectivity index (χ0) is 12.8. The van der Waals surface area contributed by atoms with Crippen molar-refractivity contribution in [3.05, 3.63) is 28.2 Å². The first-order chi connectivity index (χ1) is 8.52. The van der Waals surface area contributed by atoms with Crippen LogP contribution in [0, 0.1) is 0 Å². The number of β-amino-alcohol motifs (C(OH)–C–C–N with tert-alkyl or cyclic N) is 1. The van der Waals surface area contributed by atoms with Crippen LogP contribution in [0.15, 0.2) is 22.7 Å². The lowest BCUT2D eigenvalue weighted by Crippen LogP contribution is -2.36. The Morgan fingerprint density at radius 2 is 2.39 bits per heavy atom. The fourth-order valence-corrected chi connectivity index (χ4v) is 3.28. The molecule has 0 spiro atoms. The van der Waals surface area contributed by atoms with Crippen LogP contribution in [0.3, 0.4) is 0 Å². The van der Waals surface area contributed by atoms with E-state index in [1.54, 1.807) is 0 Å². The number of fused-ring (bicyclic) bond motifs is 1. The van der Waals surface area contributed by atoms with Crippen LogP contribution in [-0.2, 0) is 6.42 Å². The highest BCUT2D eigenvalue weighted by molar-refractivity contribution is 9.10. The zero-order valence-corrected chi connectivity index (χ0v) is 12.1. The van der Waals surface area contributed by atoms with Crippen LogP contribution in [0.2, 0.25) is 0 Å². The average molecular weight is 312 g/mol. The molecule has 0 bridgehead atoms. The van der Waals surface area contributed by atoms with Crippen LogP contribution in [0.5, 0.6) is 5.75 Å². The molecule has 18 heavy (non-hydrogen) atoms. The third-order valence-electron chi connectivity index (χ3n) is 3.76. The first-order valence-corrected chi connectivity index (χ1v) is 7.21. The maximum absolute atomic E-state index is 9.96. The van der Waals surface area contributed by atoms with Gasteiger partial charge >= 0.3 is 0 Å². The van der Waals surface area contributed by atoms with Crippen molar-refractivity contribution in [3.63, 3.8) is 0 Å². The number of aliphatic hydroxyl groups is 1. The van der Waals surface area contributed by atoms with Gasteiger partial charge in [0.2, 0.25) is 0 Å². The van der Waals surface area contributed by atoms with Crippen molar-refractivity contribution in [3.8, 4) is 5.75 Å². The van der Waals surface area contributed by atoms with Crippen LogP contribution in [-0.4, -0.2) is 41.3 Å². The summed E-state index contributed by atoms with van der Waals surface area (Å²) in [6.45, 7) is 4.54. The van der Waals surface area contributed by atoms with E-state index < -0.39 is 5.60 Å². The molecule has 1 saturated heterocycles. The van der Waals surface area contributed by atoms with Crippen molar-refractivity contribution in [2.24, 2.45) is 0 Å². The predicted molar refractivity (Wildman–Crippen MR) is 73.9 cm³/mol. The van der Waals surface area contributed by atoms with Gasteiger partial charge in [-0.15, -0.1) is 0 Å². The summed E-state index contributed by atoms with van der Waals surface area (Å²) in [4.78, 5) is 2.30. The molecule has 0 saturated carbocycles. The fourth-order valence-electron chi connectivity index (χ4n) is 2.87. The lowest BCUT2D eigenvalue weighted by molar-refractivity contribution is 0.0629. The normalized spacial score (nSPS) is 31.4. The van der Waals surface area contributed by atoms with E-state index in [1.165, 1.54) is 5.56 Å². The summed E-state index contributed by atoms with van der Waals surface area (Å²) in [5, 5.41) is 9.96. The molecule has 0 aromatic heterocycles. The van der Waals surface area contributed by atoms with Crippen LogP contribution in [0.4, 0.5) is 0 Å². The molecule has 0 aliphatic carbocycles. The third-order valence-corrected chi connectivity index (χ3v) is 4.25. The Morgan fingerprint density at radius 1 is 1.56 bits per heavy atom. The summed E-state index contributed by atoms with van der Waals surface area (Å²) in [5.74, 6) is 1.01. The van der Waals surface area contributed by atoms with Gasteiger partial charge in [-0.05, 0) is 37.1 Å². The van der Waals surface area contributed by atoms with E-state index in [0.29, 0.717) is 0 Å². The maximum atomic E-state index is 9.96. The van der Waals surface area contributed by atoms with Gasteiger partial charge in [-0.3, -0.25) is 4.90 Å². The summed E-state index contributed by atoms with van der Waals surface area (Å²) < 4.78 is 7.05. The number of ether oxygens (including phenoxy) is 1. The lowest BCUT2D eigenvalue weighted by atomic mass is 10.1. The van der Waals surface area contributed by atoms with Crippen molar-refractivity contribution >= 4 is 15.9 Å². The SMILES string of the molecule is CC1(O)CCN(CC2Cc3cc(Br)ccc3O2)C1. The Hall–Kier alpha value is -0.580. The molecule has 2 aliphatic heterocycles. The molecule has 1 N–H and O–H groups in total. The highest BCUT2D eigenvalue weighted by Gasteiger charge is 2.34. The van der Waals surface area contributed by atoms with Crippen molar-refractivity contribution in [2.75, 3.05) is 19.6 Å². The van der Waals surface area contributed by atoms with Crippen molar-refractivity contribution in [1.29, 1.82) is 0 Å². The lowest BCUT2D eigenvalue weighted by Gasteiger charge is -2.21. The summed E-state index contributed by atoms with van der Waals surface area (Å²) in [5.41, 5.74) is 0.759. The molecule has 2 aliphatic rings. The van der Waals surface area contributed by atoms with Gasteiger partial charge in [-0.25, -0.2) is 0 Å². The second kappa shape index (κ2) is 4.51. The molecule has 1 fully saturated rings. The second-order valence-corrected chi connectivity index (χ2v) is 6.59. The molecular weight excluding hydrogens is 294 g/mol. The van der Waals surface area contributed by atoms with Crippen LogP contribution in [0.1, 0.15) is 18.9 Å². The van der Waals surface area contributed by atoms with Gasteiger partial charge in [0.05, 0.1) is 5.60 Å². The van der Waals surface area contributed by atoms with E-state index in [-0.39, 0.29) is 6.10 Å². The Morgan fingerprint density at radius 3 is 3.11 bits per heavy atom. The molecule has 2 atom stereocenters. The molecule has 1 aromatic rings. The Bertz CT molecular complexity index is 461. The molecule has 3 rings (SSSR count). The Kier molecular flexibility index (Phi) is 3.12. The minimum Gasteiger partial charge on any atom is -0.488 e. The van der Waals surface area contributed by atoms with E-state index in [4.69, 9.17) is 4.74 Å². The molecule has 3 nitrogen and oxygen atoms in total. The fraction of sp³-hybridized carbons (Fsp3) is 0.571. The largest absolute Gasteiger partial charge is 0.488 e. The first kappa shape index (κ1) is 12.5. The number of nitrogens with zero attached hydrogens (tertiary/aromatic N) is 1. The van der Waals surface area contributed by atoms with Gasteiger partial charge < -0.3 is 9.84 Å². The van der Waals surface area contributed by atoms with E-state index in [2.05, 4.69) is 26.9 Å². The van der Waals surface area contributed by atoms with Gasteiger partial charge in [0.15, 0.2) is 0 Å². The maximum Gasteiger partial charge on any atom is 0.123 e. The van der Waals surface area contributed by atoms with E-state index >= 15 is 0 Å². The van der Waals surface area contributed by atoms with Crippen LogP contribution >= 0.6 is 15.9 Å². The number of hydrogen-bond acceptors (Lipinski definition) is 3. The quantitative estimate of drug-likeness (QED) is 0.909. The topological polar surface area (TPSA) is 32.7 Å². The molecule has 98 valence electrons. The summed E-state index contributed by atoms with van der Waals surface area (Å²) in [6.07, 6.45) is 2.05. The summed E-state index contributed by atoms with van der Waals surface area (Å²) in [7, 11) is 0. The minimum atomic E-state index is -0.519. The molecule has 4 heteroatoms. The van der Waals surface area contributed by atoms with E-state index in [0.717, 1.165) is 42.7 Å². The molecule has 2 unspecified atom stereocenters. The molecule has 2 heterocycles. The average Bonchev–Trinajstić information content (AvgIpc) is 2.81. The highest BCUT2D eigenvalue weighted by atomic mass is 79.9. The van der Waals surface area contributed by atoms with Gasteiger partial charge in [0.25, 0.3) is 0 Å². The standard InChI is InChI=1S/C14H18BrNO2/c1-14(17)4-5-16(9-14)8-12-7-10-6-11(15)2-3-13(10)18-12/h2-3,6,12,17H,4-5,7-9H2,1H3. The molecular formula is C14H18BrNO2. The monoisotopic (exact) mass is 311 g/mol. The highest BCUT2D eigenvalue weighted by Crippen LogP contribution is 2.32. The smallest absolute Gasteiger partial charge is 0.123 e. The number of benzene rings is 1. The summed E-state index contributed by atoms with van der Waals surface area (Å²) >= 11 is 3.49. The number of rotatable bonds is 2. The number of likely N-dealkylation sites (tertiary alicyclic amines) is 1. The predicted octanol–water partition coefficient (Wildman–Crippen LogP) is 2.21. The van der Waals surface area contributed by atoms with Crippen LogP contribution in [0.25, 0.3) is 0 Å². The molecule has 1 aromatic carbocycles. The number of halogens is 1. The van der Waals surface area contributed by atoms with Crippen LogP contribution < -0.4 is 4.74 Å². The van der Waals surface area contributed by atoms with E-state index in [1.807, 2.05) is 19.1 Å². The van der Waals surface area contributed by atoms with Crippen molar-refractivity contribution in [1.82, 2.24) is 4.90 Å². The third kappa shape index (κ3) is 2.56. The number of hydrogen-bond donors (Lipinski definition) is 1. The molecule has 0 radical (unpaired) electrons. The van der Waals surface area contributed by atoms with Crippen molar-refractivity contribution in [2.45, 2.75) is 31.5 Å². The Labute approximate surface area is 116 Å². The van der Waals surface area contributed by atoms with Gasteiger partial charge in [-0.1, -0.05) is 15.9 Å². The van der Waals surface area contributed by atoms with Crippen molar-refractivity contribution < 1.29 is 9.84 Å². The minimum absolute atomic E-state index is 0.225. The Balaban J connectivity index is 1.61. The summed E-state index contributed by atoms with van der Waals surface area (Å²) in [6, 6.07) is 6.18. The zero-order valence-electron chi connectivity index (χ0n) is 10.5. The van der Waals surface area contributed by atoms with E-state index in [9.17, 15) is 5.11 Å². The van der Waals surface area contributed by atoms with Gasteiger partial charge in [0, 0.05) is 30.5 Å².